The number of aliphatic hydroxyl groups excluding tert-OH is 1. The third-order valence-electron chi connectivity index (χ3n) is 3.41. The van der Waals surface area contributed by atoms with Crippen LogP contribution in [0.2, 0.25) is 0 Å². The SMILES string of the molecule is C[C@@H](O)[C@@](C)([Se]c1ccccc1)S(=O)(=O)c1ccccc1. The van der Waals surface area contributed by atoms with E-state index in [-0.39, 0.29) is 4.90 Å². The molecule has 0 unspecified atom stereocenters. The molecule has 0 aliphatic carbocycles. The van der Waals surface area contributed by atoms with Gasteiger partial charge in [0.1, 0.15) is 0 Å². The summed E-state index contributed by atoms with van der Waals surface area (Å²) in [7, 11) is -3.62. The quantitative estimate of drug-likeness (QED) is 0.815. The molecule has 0 heterocycles. The molecule has 0 fully saturated rings. The van der Waals surface area contributed by atoms with Crippen molar-refractivity contribution in [1.29, 1.82) is 0 Å². The minimum absolute atomic E-state index is 0.256. The van der Waals surface area contributed by atoms with Crippen molar-refractivity contribution in [3.8, 4) is 0 Å². The first-order valence-corrected chi connectivity index (χ1v) is 9.79. The molecule has 112 valence electrons. The Hall–Kier alpha value is -1.13. The van der Waals surface area contributed by atoms with Crippen molar-refractivity contribution in [2.45, 2.75) is 28.5 Å². The maximum atomic E-state index is 13.0. The van der Waals surface area contributed by atoms with Gasteiger partial charge in [0.2, 0.25) is 0 Å². The van der Waals surface area contributed by atoms with Gasteiger partial charge in [-0.3, -0.25) is 0 Å². The molecule has 2 aromatic rings. The van der Waals surface area contributed by atoms with Gasteiger partial charge in [0.15, 0.2) is 0 Å². The standard InChI is InChI=1S/C16H18O3SSe/c1-13(17)16(2,21-15-11-7-4-8-12-15)20(18,19)14-9-5-3-6-10-14/h3-13,17H,1-2H3/t13-,16-/m1/s1. The van der Waals surface area contributed by atoms with Gasteiger partial charge in [-0.05, 0) is 0 Å². The summed E-state index contributed by atoms with van der Waals surface area (Å²) >= 11 is -0.406. The van der Waals surface area contributed by atoms with Gasteiger partial charge in [-0.1, -0.05) is 0 Å². The Balaban J connectivity index is 2.48. The monoisotopic (exact) mass is 370 g/mol. The third-order valence-corrected chi connectivity index (χ3v) is 10.2. The van der Waals surface area contributed by atoms with Crippen LogP contribution in [0.15, 0.2) is 65.6 Å². The molecule has 2 atom stereocenters. The Labute approximate surface area is 132 Å². The van der Waals surface area contributed by atoms with Crippen LogP contribution in [0.5, 0.6) is 0 Å². The van der Waals surface area contributed by atoms with Crippen molar-refractivity contribution in [2.75, 3.05) is 0 Å². The van der Waals surface area contributed by atoms with E-state index < -0.39 is 34.5 Å². The molecule has 21 heavy (non-hydrogen) atoms. The summed E-state index contributed by atoms with van der Waals surface area (Å²) in [6.07, 6.45) is -0.956. The molecular formula is C16H18O3SSe. The van der Waals surface area contributed by atoms with Crippen molar-refractivity contribution in [3.63, 3.8) is 0 Å². The summed E-state index contributed by atoms with van der Waals surface area (Å²) < 4.78 is 25.7. The summed E-state index contributed by atoms with van der Waals surface area (Å²) in [5.41, 5.74) is 0. The van der Waals surface area contributed by atoms with E-state index in [1.165, 1.54) is 0 Å². The van der Waals surface area contributed by atoms with Crippen molar-refractivity contribution in [1.82, 2.24) is 0 Å². The van der Waals surface area contributed by atoms with E-state index in [0.717, 1.165) is 4.46 Å². The molecule has 0 saturated carbocycles. The third kappa shape index (κ3) is 3.21. The Bertz CT molecular complexity index is 684. The summed E-state index contributed by atoms with van der Waals surface area (Å²) in [4.78, 5) is 0.256. The van der Waals surface area contributed by atoms with Gasteiger partial charge >= 0.3 is 132 Å². The molecule has 0 aromatic heterocycles. The number of hydrogen-bond donors (Lipinski definition) is 1. The second-order valence-corrected chi connectivity index (χ2v) is 11.0. The molecule has 0 spiro atoms. The van der Waals surface area contributed by atoms with Crippen molar-refractivity contribution < 1.29 is 13.5 Å². The summed E-state index contributed by atoms with van der Waals surface area (Å²) in [5, 5.41) is 10.2. The minimum atomic E-state index is -3.62. The van der Waals surface area contributed by atoms with Gasteiger partial charge in [0.05, 0.1) is 0 Å². The van der Waals surface area contributed by atoms with Crippen molar-refractivity contribution in [3.05, 3.63) is 60.7 Å². The van der Waals surface area contributed by atoms with Crippen LogP contribution < -0.4 is 4.46 Å². The molecule has 2 aromatic carbocycles. The zero-order valence-electron chi connectivity index (χ0n) is 11.9. The van der Waals surface area contributed by atoms with Crippen LogP contribution in [0.1, 0.15) is 13.8 Å². The predicted octanol–water partition coefficient (Wildman–Crippen LogP) is 1.59. The second kappa shape index (κ2) is 6.32. The van der Waals surface area contributed by atoms with Gasteiger partial charge in [-0.15, -0.1) is 0 Å². The number of hydrogen-bond acceptors (Lipinski definition) is 3. The fourth-order valence-corrected chi connectivity index (χ4v) is 7.21. The topological polar surface area (TPSA) is 54.4 Å². The molecule has 0 aliphatic rings. The fourth-order valence-electron chi connectivity index (χ4n) is 1.92. The molecule has 5 heteroatoms. The van der Waals surface area contributed by atoms with Crippen LogP contribution in [0.3, 0.4) is 0 Å². The van der Waals surface area contributed by atoms with E-state index in [4.69, 9.17) is 0 Å². The molecule has 2 rings (SSSR count). The van der Waals surface area contributed by atoms with E-state index in [9.17, 15) is 13.5 Å². The van der Waals surface area contributed by atoms with Crippen LogP contribution in [0.25, 0.3) is 0 Å². The number of sulfone groups is 1. The molecule has 0 bridgehead atoms. The van der Waals surface area contributed by atoms with Crippen LogP contribution in [0.4, 0.5) is 0 Å². The van der Waals surface area contributed by atoms with Crippen LogP contribution in [0, 0.1) is 0 Å². The second-order valence-electron chi connectivity index (χ2n) is 4.92. The molecule has 0 aliphatic heterocycles. The zero-order chi connectivity index (χ0) is 15.5. The summed E-state index contributed by atoms with van der Waals surface area (Å²) in [6.45, 7) is 3.18. The average Bonchev–Trinajstić information content (AvgIpc) is 2.48. The summed E-state index contributed by atoms with van der Waals surface area (Å²) in [5.74, 6) is 0. The van der Waals surface area contributed by atoms with E-state index in [2.05, 4.69) is 0 Å². The van der Waals surface area contributed by atoms with E-state index in [0.29, 0.717) is 0 Å². The Morgan fingerprint density at radius 2 is 1.48 bits per heavy atom. The van der Waals surface area contributed by atoms with Gasteiger partial charge in [-0.2, -0.15) is 0 Å². The first kappa shape index (κ1) is 16.2. The normalized spacial score (nSPS) is 16.1. The van der Waals surface area contributed by atoms with Gasteiger partial charge in [0, 0.05) is 0 Å². The first-order chi connectivity index (χ1) is 9.88. The van der Waals surface area contributed by atoms with Gasteiger partial charge < -0.3 is 0 Å². The maximum absolute atomic E-state index is 13.0. The Morgan fingerprint density at radius 1 is 1.00 bits per heavy atom. The van der Waals surface area contributed by atoms with Gasteiger partial charge in [0.25, 0.3) is 0 Å². The van der Waals surface area contributed by atoms with E-state index >= 15 is 0 Å². The van der Waals surface area contributed by atoms with E-state index in [1.807, 2.05) is 30.3 Å². The molecule has 1 N–H and O–H groups in total. The van der Waals surface area contributed by atoms with Crippen LogP contribution in [-0.2, 0) is 9.84 Å². The Morgan fingerprint density at radius 3 is 1.95 bits per heavy atom. The molecule has 0 saturated heterocycles. The molecular weight excluding hydrogens is 351 g/mol. The number of aliphatic hydroxyl groups is 1. The molecule has 0 radical (unpaired) electrons. The predicted molar refractivity (Wildman–Crippen MR) is 85.5 cm³/mol. The number of benzene rings is 2. The first-order valence-electron chi connectivity index (χ1n) is 6.60. The molecule has 0 amide bonds. The zero-order valence-corrected chi connectivity index (χ0v) is 14.5. The van der Waals surface area contributed by atoms with Crippen LogP contribution in [-0.4, -0.2) is 38.2 Å². The van der Waals surface area contributed by atoms with Gasteiger partial charge in [-0.25, -0.2) is 0 Å². The Kier molecular flexibility index (Phi) is 4.89. The van der Waals surface area contributed by atoms with E-state index in [1.54, 1.807) is 44.2 Å². The fraction of sp³-hybridized carbons (Fsp3) is 0.250. The van der Waals surface area contributed by atoms with Crippen LogP contribution >= 0.6 is 0 Å². The average molecular weight is 369 g/mol. The number of rotatable bonds is 5. The molecule has 3 nitrogen and oxygen atoms in total. The van der Waals surface area contributed by atoms with Crippen molar-refractivity contribution in [2.24, 2.45) is 0 Å². The summed E-state index contributed by atoms with van der Waals surface area (Å²) in [6, 6.07) is 17.8. The van der Waals surface area contributed by atoms with Crippen molar-refractivity contribution >= 4 is 29.3 Å².